The van der Waals surface area contributed by atoms with E-state index < -0.39 is 0 Å². The van der Waals surface area contributed by atoms with Crippen molar-refractivity contribution in [2.45, 2.75) is 31.8 Å². The van der Waals surface area contributed by atoms with Gasteiger partial charge in [-0.05, 0) is 43.7 Å². The summed E-state index contributed by atoms with van der Waals surface area (Å²) in [5.41, 5.74) is 0.0795. The number of benzene rings is 1. The Bertz CT molecular complexity index is 453. The molecule has 0 radical (unpaired) electrons. The van der Waals surface area contributed by atoms with Gasteiger partial charge in [-0.25, -0.2) is 0 Å². The number of carbonyl (C=O) groups excluding carboxylic acids is 1. The first-order valence-corrected chi connectivity index (χ1v) is 6.55. The van der Waals surface area contributed by atoms with Crippen molar-refractivity contribution < 1.29 is 20.1 Å². The van der Waals surface area contributed by atoms with Crippen LogP contribution in [-0.2, 0) is 0 Å². The van der Waals surface area contributed by atoms with Crippen molar-refractivity contribution in [2.75, 3.05) is 6.54 Å². The van der Waals surface area contributed by atoms with Gasteiger partial charge in [0.1, 0.15) is 0 Å². The number of rotatable bonds is 3. The Morgan fingerprint density at radius 3 is 2.58 bits per heavy atom. The van der Waals surface area contributed by atoms with Crippen LogP contribution in [0.2, 0.25) is 0 Å². The van der Waals surface area contributed by atoms with E-state index in [2.05, 4.69) is 5.32 Å². The molecule has 104 valence electrons. The maximum atomic E-state index is 11.9. The van der Waals surface area contributed by atoms with Crippen molar-refractivity contribution in [3.63, 3.8) is 0 Å². The molecule has 0 bridgehead atoms. The van der Waals surface area contributed by atoms with E-state index in [-0.39, 0.29) is 29.1 Å². The van der Waals surface area contributed by atoms with Crippen molar-refractivity contribution >= 4 is 5.91 Å². The van der Waals surface area contributed by atoms with E-state index in [9.17, 15) is 20.1 Å². The van der Waals surface area contributed by atoms with Crippen LogP contribution in [0.5, 0.6) is 11.5 Å². The number of phenols is 2. The zero-order valence-corrected chi connectivity index (χ0v) is 10.7. The topological polar surface area (TPSA) is 89.8 Å². The second-order valence-corrected chi connectivity index (χ2v) is 5.06. The summed E-state index contributed by atoms with van der Waals surface area (Å²) in [4.78, 5) is 11.9. The summed E-state index contributed by atoms with van der Waals surface area (Å²) in [6.45, 7) is 0.528. The molecule has 1 fully saturated rings. The number of amides is 1. The number of aliphatic hydroxyl groups is 1. The van der Waals surface area contributed by atoms with Crippen LogP contribution < -0.4 is 5.32 Å². The number of hydrogen-bond donors (Lipinski definition) is 4. The maximum Gasteiger partial charge on any atom is 0.255 e. The van der Waals surface area contributed by atoms with Crippen molar-refractivity contribution in [3.05, 3.63) is 23.8 Å². The molecule has 0 heterocycles. The highest BCUT2D eigenvalue weighted by Crippen LogP contribution is 2.28. The van der Waals surface area contributed by atoms with Crippen LogP contribution in [0.3, 0.4) is 0 Å². The second kappa shape index (κ2) is 5.93. The molecule has 0 atom stereocenters. The normalized spacial score (nSPS) is 23.0. The fraction of sp³-hybridized carbons (Fsp3) is 0.500. The monoisotopic (exact) mass is 265 g/mol. The Balaban J connectivity index is 1.89. The summed E-state index contributed by atoms with van der Waals surface area (Å²) < 4.78 is 0. The van der Waals surface area contributed by atoms with Crippen LogP contribution in [0.4, 0.5) is 0 Å². The average Bonchev–Trinajstić information content (AvgIpc) is 2.41. The molecule has 4 N–H and O–H groups in total. The third-order valence-corrected chi connectivity index (χ3v) is 3.63. The molecule has 0 aliphatic heterocycles. The molecule has 5 heteroatoms. The van der Waals surface area contributed by atoms with Crippen molar-refractivity contribution in [1.29, 1.82) is 0 Å². The molecule has 1 aliphatic carbocycles. The molecule has 0 aromatic heterocycles. The van der Waals surface area contributed by atoms with Gasteiger partial charge < -0.3 is 20.6 Å². The largest absolute Gasteiger partial charge is 0.504 e. The minimum absolute atomic E-state index is 0.0795. The summed E-state index contributed by atoms with van der Waals surface area (Å²) in [5.74, 6) is -0.709. The lowest BCUT2D eigenvalue weighted by atomic mass is 9.87. The Morgan fingerprint density at radius 2 is 1.89 bits per heavy atom. The van der Waals surface area contributed by atoms with Gasteiger partial charge in [0.15, 0.2) is 11.5 Å². The van der Waals surface area contributed by atoms with E-state index in [0.29, 0.717) is 12.5 Å². The lowest BCUT2D eigenvalue weighted by Crippen LogP contribution is -2.32. The predicted molar refractivity (Wildman–Crippen MR) is 70.1 cm³/mol. The van der Waals surface area contributed by atoms with Gasteiger partial charge in [-0.1, -0.05) is 6.07 Å². The highest BCUT2D eigenvalue weighted by molar-refractivity contribution is 5.97. The Morgan fingerprint density at radius 1 is 1.21 bits per heavy atom. The lowest BCUT2D eigenvalue weighted by Gasteiger charge is -2.25. The SMILES string of the molecule is O=C(NCC1CCC(O)CC1)c1cccc(O)c1O. The van der Waals surface area contributed by atoms with E-state index in [1.165, 1.54) is 18.2 Å². The third kappa shape index (κ3) is 3.38. The molecule has 1 saturated carbocycles. The number of para-hydroxylation sites is 1. The van der Waals surface area contributed by atoms with Crippen LogP contribution in [-0.4, -0.2) is 33.9 Å². The van der Waals surface area contributed by atoms with E-state index in [4.69, 9.17) is 0 Å². The van der Waals surface area contributed by atoms with Gasteiger partial charge in [-0.15, -0.1) is 0 Å². The summed E-state index contributed by atoms with van der Waals surface area (Å²) >= 11 is 0. The minimum atomic E-state index is -0.390. The molecule has 1 aromatic rings. The van der Waals surface area contributed by atoms with Crippen molar-refractivity contribution in [2.24, 2.45) is 5.92 Å². The minimum Gasteiger partial charge on any atom is -0.504 e. The van der Waals surface area contributed by atoms with Crippen LogP contribution in [0.1, 0.15) is 36.0 Å². The third-order valence-electron chi connectivity index (χ3n) is 3.63. The zero-order chi connectivity index (χ0) is 13.8. The van der Waals surface area contributed by atoms with Gasteiger partial charge >= 0.3 is 0 Å². The van der Waals surface area contributed by atoms with Crippen LogP contribution in [0.15, 0.2) is 18.2 Å². The van der Waals surface area contributed by atoms with Gasteiger partial charge in [-0.2, -0.15) is 0 Å². The van der Waals surface area contributed by atoms with Gasteiger partial charge in [0.05, 0.1) is 11.7 Å². The van der Waals surface area contributed by atoms with Gasteiger partial charge in [0.2, 0.25) is 0 Å². The van der Waals surface area contributed by atoms with Gasteiger partial charge in [-0.3, -0.25) is 4.79 Å². The fourth-order valence-electron chi connectivity index (χ4n) is 2.40. The molecule has 0 saturated heterocycles. The molecule has 0 spiro atoms. The average molecular weight is 265 g/mol. The fourth-order valence-corrected chi connectivity index (χ4v) is 2.40. The van der Waals surface area contributed by atoms with Crippen LogP contribution in [0, 0.1) is 5.92 Å². The molecule has 0 unspecified atom stereocenters. The highest BCUT2D eigenvalue weighted by atomic mass is 16.3. The Labute approximate surface area is 111 Å². The number of aromatic hydroxyl groups is 2. The van der Waals surface area contributed by atoms with E-state index >= 15 is 0 Å². The standard InChI is InChI=1S/C14H19NO4/c16-10-6-4-9(5-7-10)8-15-14(19)11-2-1-3-12(17)13(11)18/h1-3,9-10,16-18H,4-8H2,(H,15,19). The zero-order valence-electron chi connectivity index (χ0n) is 10.7. The number of carbonyl (C=O) groups is 1. The van der Waals surface area contributed by atoms with E-state index in [1.807, 2.05) is 0 Å². The first kappa shape index (κ1) is 13.7. The molecular weight excluding hydrogens is 246 g/mol. The molecule has 1 aliphatic rings. The number of hydrogen-bond acceptors (Lipinski definition) is 4. The van der Waals surface area contributed by atoms with E-state index in [1.54, 1.807) is 0 Å². The summed E-state index contributed by atoms with van der Waals surface area (Å²) in [6, 6.07) is 4.31. The Hall–Kier alpha value is -1.75. The van der Waals surface area contributed by atoms with E-state index in [0.717, 1.165) is 25.7 Å². The first-order valence-electron chi connectivity index (χ1n) is 6.55. The maximum absolute atomic E-state index is 11.9. The molecule has 2 rings (SSSR count). The van der Waals surface area contributed by atoms with Gasteiger partial charge in [0.25, 0.3) is 5.91 Å². The number of aliphatic hydroxyl groups excluding tert-OH is 1. The summed E-state index contributed by atoms with van der Waals surface area (Å²) in [7, 11) is 0. The van der Waals surface area contributed by atoms with Crippen LogP contribution >= 0.6 is 0 Å². The number of nitrogens with one attached hydrogen (secondary N) is 1. The quantitative estimate of drug-likeness (QED) is 0.621. The summed E-state index contributed by atoms with van der Waals surface area (Å²) in [6.07, 6.45) is 3.14. The predicted octanol–water partition coefficient (Wildman–Crippen LogP) is 1.38. The lowest BCUT2D eigenvalue weighted by molar-refractivity contribution is 0.0907. The second-order valence-electron chi connectivity index (χ2n) is 5.06. The summed E-state index contributed by atoms with van der Waals surface area (Å²) in [5, 5.41) is 31.1. The highest BCUT2D eigenvalue weighted by Gasteiger charge is 2.21. The van der Waals surface area contributed by atoms with Crippen LogP contribution in [0.25, 0.3) is 0 Å². The van der Waals surface area contributed by atoms with Crippen molar-refractivity contribution in [1.82, 2.24) is 5.32 Å². The molecule has 1 amide bonds. The van der Waals surface area contributed by atoms with Crippen molar-refractivity contribution in [3.8, 4) is 11.5 Å². The molecular formula is C14H19NO4. The smallest absolute Gasteiger partial charge is 0.255 e. The van der Waals surface area contributed by atoms with Gasteiger partial charge in [0, 0.05) is 6.54 Å². The number of phenolic OH excluding ortho intramolecular Hbond substituents is 2. The first-order chi connectivity index (χ1) is 9.08. The Kier molecular flexibility index (Phi) is 4.27. The molecule has 5 nitrogen and oxygen atoms in total. The molecule has 19 heavy (non-hydrogen) atoms. The molecule has 1 aromatic carbocycles.